The van der Waals surface area contributed by atoms with Gasteiger partial charge in [0.15, 0.2) is 17.3 Å². The van der Waals surface area contributed by atoms with E-state index in [1.54, 1.807) is 6.20 Å². The molecule has 3 heterocycles. The summed E-state index contributed by atoms with van der Waals surface area (Å²) in [6.45, 7) is 6.61. The fourth-order valence-electron chi connectivity index (χ4n) is 2.73. The van der Waals surface area contributed by atoms with E-state index in [2.05, 4.69) is 32.5 Å². The van der Waals surface area contributed by atoms with E-state index in [1.807, 2.05) is 16.8 Å². The van der Waals surface area contributed by atoms with Crippen molar-refractivity contribution in [1.29, 1.82) is 0 Å². The third-order valence-electron chi connectivity index (χ3n) is 3.90. The Kier molecular flexibility index (Phi) is 3.70. The summed E-state index contributed by atoms with van der Waals surface area (Å²) in [6.07, 6.45) is 6.70. The molecule has 0 saturated carbocycles. The van der Waals surface area contributed by atoms with Crippen LogP contribution >= 0.6 is 0 Å². The molecular weight excluding hydrogens is 254 g/mol. The number of anilines is 2. The summed E-state index contributed by atoms with van der Waals surface area (Å²) in [5, 5.41) is 3.42. The molecule has 108 valence electrons. The average Bonchev–Trinajstić information content (AvgIpc) is 3.12. The third kappa shape index (κ3) is 2.54. The Morgan fingerprint density at radius 1 is 1.50 bits per heavy atom. The molecule has 1 unspecified atom stereocenters. The fourth-order valence-corrected chi connectivity index (χ4v) is 2.73. The minimum absolute atomic E-state index is 0.625. The number of hydrogen-bond acceptors (Lipinski definition) is 6. The van der Waals surface area contributed by atoms with Crippen LogP contribution in [-0.4, -0.2) is 45.4 Å². The first-order valence-corrected chi connectivity index (χ1v) is 7.06. The normalized spacial score (nSPS) is 19.6. The second-order valence-corrected chi connectivity index (χ2v) is 5.21. The van der Waals surface area contributed by atoms with Gasteiger partial charge < -0.3 is 20.0 Å². The van der Waals surface area contributed by atoms with Gasteiger partial charge in [0.2, 0.25) is 0 Å². The maximum Gasteiger partial charge on any atom is 0.180 e. The Morgan fingerprint density at radius 3 is 3.15 bits per heavy atom. The molecule has 0 radical (unpaired) electrons. The van der Waals surface area contributed by atoms with Crippen molar-refractivity contribution >= 4 is 17.3 Å². The first-order valence-electron chi connectivity index (χ1n) is 7.06. The van der Waals surface area contributed by atoms with Gasteiger partial charge in [-0.15, -0.1) is 0 Å². The van der Waals surface area contributed by atoms with Crippen LogP contribution in [0.5, 0.6) is 0 Å². The standard InChI is InChI=1S/C13H21N7/c1-2-19-5-3-10(8-19)7-16-12-13-15-4-6-20(13)9-11(17-12)18-14/h4,6,9-10,18H,2-3,5,7-8,14H2,1H3,(H,16,17). The van der Waals surface area contributed by atoms with Crippen LogP contribution in [0, 0.1) is 5.92 Å². The van der Waals surface area contributed by atoms with E-state index in [9.17, 15) is 0 Å². The van der Waals surface area contributed by atoms with Crippen LogP contribution in [0.4, 0.5) is 11.6 Å². The van der Waals surface area contributed by atoms with E-state index < -0.39 is 0 Å². The van der Waals surface area contributed by atoms with Gasteiger partial charge in [-0.1, -0.05) is 6.92 Å². The van der Waals surface area contributed by atoms with Crippen LogP contribution in [0.25, 0.3) is 5.65 Å². The van der Waals surface area contributed by atoms with E-state index in [1.165, 1.54) is 13.0 Å². The predicted octanol–water partition coefficient (Wildman–Crippen LogP) is 0.769. The zero-order valence-corrected chi connectivity index (χ0v) is 11.7. The zero-order valence-electron chi connectivity index (χ0n) is 11.7. The van der Waals surface area contributed by atoms with Crippen LogP contribution in [-0.2, 0) is 0 Å². The molecule has 1 atom stereocenters. The maximum atomic E-state index is 5.45. The van der Waals surface area contributed by atoms with E-state index >= 15 is 0 Å². The molecule has 1 aliphatic heterocycles. The van der Waals surface area contributed by atoms with Crippen LogP contribution in [0.15, 0.2) is 18.6 Å². The lowest BCUT2D eigenvalue weighted by atomic mass is 10.1. The molecule has 0 spiro atoms. The van der Waals surface area contributed by atoms with Gasteiger partial charge >= 0.3 is 0 Å². The summed E-state index contributed by atoms with van der Waals surface area (Å²) >= 11 is 0. The molecule has 0 aliphatic carbocycles. The second-order valence-electron chi connectivity index (χ2n) is 5.21. The number of hydrogen-bond donors (Lipinski definition) is 3. The average molecular weight is 275 g/mol. The molecule has 1 saturated heterocycles. The quantitative estimate of drug-likeness (QED) is 0.552. The first-order chi connectivity index (χ1) is 9.80. The first kappa shape index (κ1) is 13.1. The summed E-state index contributed by atoms with van der Waals surface area (Å²) in [4.78, 5) is 11.3. The lowest BCUT2D eigenvalue weighted by molar-refractivity contribution is 0.345. The van der Waals surface area contributed by atoms with E-state index in [-0.39, 0.29) is 0 Å². The smallest absolute Gasteiger partial charge is 0.180 e. The molecule has 2 aromatic rings. The SMILES string of the molecule is CCN1CCC(CNc2nc(NN)cn3ccnc23)C1. The molecule has 7 heteroatoms. The van der Waals surface area contributed by atoms with Crippen LogP contribution in [0.3, 0.4) is 0 Å². The third-order valence-corrected chi connectivity index (χ3v) is 3.90. The molecule has 4 N–H and O–H groups in total. The summed E-state index contributed by atoms with van der Waals surface area (Å²) in [5.74, 6) is 7.52. The summed E-state index contributed by atoms with van der Waals surface area (Å²) in [5.41, 5.74) is 3.41. The highest BCUT2D eigenvalue weighted by Crippen LogP contribution is 2.19. The largest absolute Gasteiger partial charge is 0.367 e. The lowest BCUT2D eigenvalue weighted by Gasteiger charge is -2.14. The molecule has 2 aromatic heterocycles. The van der Waals surface area contributed by atoms with Crippen molar-refractivity contribution in [3.63, 3.8) is 0 Å². The van der Waals surface area contributed by atoms with Gasteiger partial charge in [-0.05, 0) is 25.4 Å². The number of nitrogens with zero attached hydrogens (tertiary/aromatic N) is 4. The van der Waals surface area contributed by atoms with Gasteiger partial charge in [0.1, 0.15) is 0 Å². The highest BCUT2D eigenvalue weighted by Gasteiger charge is 2.21. The monoisotopic (exact) mass is 275 g/mol. The number of likely N-dealkylation sites (tertiary alicyclic amines) is 1. The van der Waals surface area contributed by atoms with Gasteiger partial charge in [-0.3, -0.25) is 0 Å². The molecule has 0 amide bonds. The number of nitrogen functional groups attached to an aromatic ring is 1. The van der Waals surface area contributed by atoms with Gasteiger partial charge in [0.05, 0.1) is 6.20 Å². The molecule has 1 aliphatic rings. The molecule has 3 rings (SSSR count). The Morgan fingerprint density at radius 2 is 2.40 bits per heavy atom. The maximum absolute atomic E-state index is 5.45. The van der Waals surface area contributed by atoms with Crippen molar-refractivity contribution in [3.05, 3.63) is 18.6 Å². The van der Waals surface area contributed by atoms with Gasteiger partial charge in [0, 0.05) is 25.5 Å². The minimum atomic E-state index is 0.625. The fraction of sp³-hybridized carbons (Fsp3) is 0.538. The van der Waals surface area contributed by atoms with Gasteiger partial charge in [-0.2, -0.15) is 0 Å². The number of hydrazine groups is 1. The van der Waals surface area contributed by atoms with Crippen molar-refractivity contribution in [3.8, 4) is 0 Å². The Bertz CT molecular complexity index is 579. The van der Waals surface area contributed by atoms with Gasteiger partial charge in [0.25, 0.3) is 0 Å². The van der Waals surface area contributed by atoms with E-state index in [0.717, 1.165) is 31.1 Å². The number of aromatic nitrogens is 3. The van der Waals surface area contributed by atoms with Crippen molar-refractivity contribution in [2.45, 2.75) is 13.3 Å². The number of nitrogens with one attached hydrogen (secondary N) is 2. The molecule has 0 aromatic carbocycles. The number of fused-ring (bicyclic) bond motifs is 1. The molecular formula is C13H21N7. The van der Waals surface area contributed by atoms with E-state index in [0.29, 0.717) is 11.7 Å². The van der Waals surface area contributed by atoms with Crippen molar-refractivity contribution in [2.75, 3.05) is 36.9 Å². The van der Waals surface area contributed by atoms with Crippen molar-refractivity contribution in [1.82, 2.24) is 19.3 Å². The minimum Gasteiger partial charge on any atom is -0.367 e. The highest BCUT2D eigenvalue weighted by atomic mass is 15.3. The Balaban J connectivity index is 1.72. The number of imidazole rings is 1. The highest BCUT2D eigenvalue weighted by molar-refractivity contribution is 5.65. The summed E-state index contributed by atoms with van der Waals surface area (Å²) < 4.78 is 1.91. The van der Waals surface area contributed by atoms with E-state index in [4.69, 9.17) is 5.84 Å². The number of nitrogens with two attached hydrogens (primary N) is 1. The Labute approximate surface area is 118 Å². The predicted molar refractivity (Wildman–Crippen MR) is 79.5 cm³/mol. The summed E-state index contributed by atoms with van der Waals surface area (Å²) in [6, 6.07) is 0. The second kappa shape index (κ2) is 5.64. The Hall–Kier alpha value is -1.86. The molecule has 7 nitrogen and oxygen atoms in total. The molecule has 0 bridgehead atoms. The summed E-state index contributed by atoms with van der Waals surface area (Å²) in [7, 11) is 0. The molecule has 20 heavy (non-hydrogen) atoms. The zero-order chi connectivity index (χ0) is 13.9. The van der Waals surface area contributed by atoms with Crippen LogP contribution in [0.1, 0.15) is 13.3 Å². The molecule has 1 fully saturated rings. The van der Waals surface area contributed by atoms with Gasteiger partial charge in [-0.25, -0.2) is 15.8 Å². The van der Waals surface area contributed by atoms with Crippen molar-refractivity contribution < 1.29 is 0 Å². The van der Waals surface area contributed by atoms with Crippen LogP contribution in [0.2, 0.25) is 0 Å². The van der Waals surface area contributed by atoms with Crippen molar-refractivity contribution in [2.24, 2.45) is 11.8 Å². The van der Waals surface area contributed by atoms with Crippen LogP contribution < -0.4 is 16.6 Å². The number of rotatable bonds is 5. The lowest BCUT2D eigenvalue weighted by Crippen LogP contribution is -2.23. The topological polar surface area (TPSA) is 83.5 Å².